The smallest absolute Gasteiger partial charge is 0.224 e. The minimum Gasteiger partial charge on any atom is -0.496 e. The monoisotopic (exact) mass is 436 g/mol. The molecule has 5 nitrogen and oxygen atoms in total. The second-order valence-corrected chi connectivity index (χ2v) is 5.99. The van der Waals surface area contributed by atoms with Gasteiger partial charge in [0, 0.05) is 13.2 Å². The van der Waals surface area contributed by atoms with Crippen molar-refractivity contribution in [2.45, 2.75) is 6.61 Å². The Morgan fingerprint density at radius 1 is 1.05 bits per heavy atom. The fourth-order valence-electron chi connectivity index (χ4n) is 1.55. The van der Waals surface area contributed by atoms with Gasteiger partial charge in [-0.05, 0) is 44.0 Å². The first-order valence-electron chi connectivity index (χ1n) is 5.76. The maximum Gasteiger partial charge on any atom is 0.224 e. The van der Waals surface area contributed by atoms with Crippen LogP contribution in [0.25, 0.3) is 0 Å². The second-order valence-electron chi connectivity index (χ2n) is 3.90. The number of methoxy groups -OCH3 is 2. The number of aromatic nitrogens is 2. The van der Waals surface area contributed by atoms with E-state index >= 15 is 0 Å². The predicted molar refractivity (Wildman–Crippen MR) is 86.2 cm³/mol. The number of ether oxygens (including phenoxy) is 3. The van der Waals surface area contributed by atoms with Crippen LogP contribution in [0.4, 0.5) is 0 Å². The summed E-state index contributed by atoms with van der Waals surface area (Å²) in [6.45, 7) is 0.254. The van der Waals surface area contributed by atoms with Crippen LogP contribution in [-0.2, 0) is 11.3 Å². The quantitative estimate of drug-likeness (QED) is 0.639. The molecule has 1 heterocycles. The largest absolute Gasteiger partial charge is 0.496 e. The molecular weight excluding hydrogens is 427 g/mol. The Kier molecular flexibility index (Phi) is 5.80. The summed E-state index contributed by atoms with van der Waals surface area (Å²) in [5, 5.41) is 0.288. The van der Waals surface area contributed by atoms with Gasteiger partial charge in [0.1, 0.15) is 23.3 Å². The Labute approximate surface area is 143 Å². The molecule has 0 N–H and O–H groups in total. The van der Waals surface area contributed by atoms with Gasteiger partial charge in [0.2, 0.25) is 5.88 Å². The molecule has 2 aromatic rings. The zero-order valence-electron chi connectivity index (χ0n) is 11.2. The van der Waals surface area contributed by atoms with Gasteiger partial charge >= 0.3 is 0 Å². The first-order chi connectivity index (χ1) is 10.0. The molecule has 0 radical (unpaired) electrons. The van der Waals surface area contributed by atoms with E-state index in [0.717, 1.165) is 8.95 Å². The van der Waals surface area contributed by atoms with Gasteiger partial charge in [0.15, 0.2) is 5.82 Å². The first kappa shape index (κ1) is 16.5. The van der Waals surface area contributed by atoms with Gasteiger partial charge in [-0.1, -0.05) is 11.6 Å². The summed E-state index contributed by atoms with van der Waals surface area (Å²) in [6.07, 6.45) is 0. The van der Waals surface area contributed by atoms with Gasteiger partial charge in [-0.25, -0.2) is 4.98 Å². The average molecular weight is 439 g/mol. The van der Waals surface area contributed by atoms with E-state index in [1.54, 1.807) is 26.4 Å². The van der Waals surface area contributed by atoms with Crippen molar-refractivity contribution < 1.29 is 14.2 Å². The fourth-order valence-corrected chi connectivity index (χ4v) is 2.62. The van der Waals surface area contributed by atoms with Crippen LogP contribution in [0.1, 0.15) is 5.82 Å². The molecule has 0 bridgehead atoms. The minimum atomic E-state index is 0.254. The van der Waals surface area contributed by atoms with E-state index in [1.807, 2.05) is 0 Å². The molecule has 0 aliphatic rings. The van der Waals surface area contributed by atoms with Gasteiger partial charge in [0.25, 0.3) is 0 Å². The molecule has 8 heteroatoms. The Morgan fingerprint density at radius 3 is 2.38 bits per heavy atom. The summed E-state index contributed by atoms with van der Waals surface area (Å²) in [7, 11) is 3.15. The van der Waals surface area contributed by atoms with Gasteiger partial charge in [0.05, 0.1) is 16.1 Å². The molecule has 1 aromatic heterocycles. The van der Waals surface area contributed by atoms with Crippen LogP contribution >= 0.6 is 43.5 Å². The normalized spacial score (nSPS) is 10.5. The van der Waals surface area contributed by atoms with Crippen LogP contribution in [0.15, 0.2) is 27.1 Å². The van der Waals surface area contributed by atoms with E-state index in [0.29, 0.717) is 23.2 Å². The molecule has 0 saturated heterocycles. The van der Waals surface area contributed by atoms with Crippen molar-refractivity contribution in [2.24, 2.45) is 0 Å². The van der Waals surface area contributed by atoms with Crippen LogP contribution in [-0.4, -0.2) is 24.2 Å². The molecule has 0 atom stereocenters. The fraction of sp³-hybridized carbons (Fsp3) is 0.231. The van der Waals surface area contributed by atoms with Crippen molar-refractivity contribution in [1.82, 2.24) is 9.97 Å². The molecule has 0 amide bonds. The van der Waals surface area contributed by atoms with Crippen LogP contribution in [0.5, 0.6) is 17.4 Å². The van der Waals surface area contributed by atoms with E-state index in [-0.39, 0.29) is 11.8 Å². The number of benzene rings is 1. The average Bonchev–Trinajstić information content (AvgIpc) is 2.42. The third-order valence-corrected chi connectivity index (χ3v) is 3.85. The number of halogens is 3. The van der Waals surface area contributed by atoms with Crippen LogP contribution in [0.3, 0.4) is 0 Å². The highest BCUT2D eigenvalue weighted by Gasteiger charge is 2.11. The lowest BCUT2D eigenvalue weighted by Gasteiger charge is -2.11. The van der Waals surface area contributed by atoms with E-state index in [2.05, 4.69) is 41.8 Å². The first-order valence-corrected chi connectivity index (χ1v) is 7.73. The molecule has 1 aromatic carbocycles. The molecule has 0 fully saturated rings. The summed E-state index contributed by atoms with van der Waals surface area (Å²) in [5.41, 5.74) is 0. The van der Waals surface area contributed by atoms with E-state index in [9.17, 15) is 0 Å². The van der Waals surface area contributed by atoms with E-state index < -0.39 is 0 Å². The standard InChI is InChI=1S/C13H11Br2ClN2O3/c1-19-6-12-17-11(16)5-13(18-12)21-10-4-7(14)9(20-2)3-8(10)15/h3-5H,6H2,1-2H3. The molecule has 2 rings (SSSR count). The summed E-state index contributed by atoms with van der Waals surface area (Å²) in [6, 6.07) is 5.10. The SMILES string of the molecule is COCc1nc(Cl)cc(Oc2cc(Br)c(OC)cc2Br)n1. The lowest BCUT2D eigenvalue weighted by molar-refractivity contribution is 0.177. The molecule has 21 heavy (non-hydrogen) atoms. The maximum atomic E-state index is 5.94. The summed E-state index contributed by atoms with van der Waals surface area (Å²) in [5.74, 6) is 2.04. The zero-order valence-corrected chi connectivity index (χ0v) is 15.1. The Balaban J connectivity index is 2.31. The highest BCUT2D eigenvalue weighted by atomic mass is 79.9. The zero-order chi connectivity index (χ0) is 15.4. The van der Waals surface area contributed by atoms with Crippen LogP contribution in [0.2, 0.25) is 5.15 Å². The minimum absolute atomic E-state index is 0.254. The highest BCUT2D eigenvalue weighted by Crippen LogP contribution is 2.38. The topological polar surface area (TPSA) is 53.5 Å². The molecule has 0 spiro atoms. The number of hydrogen-bond donors (Lipinski definition) is 0. The van der Waals surface area contributed by atoms with Gasteiger partial charge in [-0.3, -0.25) is 0 Å². The maximum absolute atomic E-state index is 5.94. The van der Waals surface area contributed by atoms with E-state index in [4.69, 9.17) is 25.8 Å². The summed E-state index contributed by atoms with van der Waals surface area (Å²) in [4.78, 5) is 8.26. The van der Waals surface area contributed by atoms with Crippen molar-refractivity contribution in [3.8, 4) is 17.4 Å². The summed E-state index contributed by atoms with van der Waals surface area (Å²) >= 11 is 12.8. The molecule has 0 unspecified atom stereocenters. The third kappa shape index (κ3) is 4.29. The van der Waals surface area contributed by atoms with E-state index in [1.165, 1.54) is 6.07 Å². The second kappa shape index (κ2) is 7.40. The number of hydrogen-bond acceptors (Lipinski definition) is 5. The van der Waals surface area contributed by atoms with Crippen molar-refractivity contribution in [1.29, 1.82) is 0 Å². The van der Waals surface area contributed by atoms with Crippen LogP contribution in [0, 0.1) is 0 Å². The van der Waals surface area contributed by atoms with Gasteiger partial charge < -0.3 is 14.2 Å². The van der Waals surface area contributed by atoms with Crippen molar-refractivity contribution >= 4 is 43.5 Å². The third-order valence-electron chi connectivity index (χ3n) is 2.41. The molecule has 0 aliphatic carbocycles. The lowest BCUT2D eigenvalue weighted by atomic mass is 10.3. The molecule has 112 valence electrons. The Morgan fingerprint density at radius 2 is 1.71 bits per heavy atom. The number of nitrogens with zero attached hydrogens (tertiary/aromatic N) is 2. The highest BCUT2D eigenvalue weighted by molar-refractivity contribution is 9.11. The van der Waals surface area contributed by atoms with Crippen molar-refractivity contribution in [3.05, 3.63) is 38.1 Å². The lowest BCUT2D eigenvalue weighted by Crippen LogP contribution is -1.99. The van der Waals surface area contributed by atoms with Crippen molar-refractivity contribution in [3.63, 3.8) is 0 Å². The Hall–Kier alpha value is -0.890. The molecule has 0 aliphatic heterocycles. The van der Waals surface area contributed by atoms with Crippen molar-refractivity contribution in [2.75, 3.05) is 14.2 Å². The summed E-state index contributed by atoms with van der Waals surface area (Å²) < 4.78 is 17.4. The van der Waals surface area contributed by atoms with Gasteiger partial charge in [-0.2, -0.15) is 4.98 Å². The number of rotatable bonds is 5. The van der Waals surface area contributed by atoms with Gasteiger partial charge in [-0.15, -0.1) is 0 Å². The van der Waals surface area contributed by atoms with Crippen LogP contribution < -0.4 is 9.47 Å². The predicted octanol–water partition coefficient (Wildman–Crippen LogP) is 4.60. The molecule has 0 saturated carbocycles. The molecular formula is C13H11Br2ClN2O3. The Bertz CT molecular complexity index is 656.